The van der Waals surface area contributed by atoms with E-state index in [1.807, 2.05) is 54.7 Å². The van der Waals surface area contributed by atoms with Gasteiger partial charge in [-0.1, -0.05) is 34.8 Å². The van der Waals surface area contributed by atoms with Crippen molar-refractivity contribution >= 4 is 18.1 Å². The molecule has 0 saturated carbocycles. The molecule has 0 atom stereocenters. The Hall–Kier alpha value is -2.07. The summed E-state index contributed by atoms with van der Waals surface area (Å²) < 4.78 is 1.76. The van der Waals surface area contributed by atoms with E-state index in [0.29, 0.717) is 5.16 Å². The fraction of sp³-hybridized carbons (Fsp3) is 0. The standard InChI is InChI=1S/C13H9N3S/c17-13-14-12(10-6-2-1-3-7-10)11-8-4-5-9-16(11)15-13/h1-9H. The predicted molar refractivity (Wildman–Crippen MR) is 66.3 cm³/mol. The average molecular weight is 239 g/mol. The first-order valence-corrected chi connectivity index (χ1v) is 5.66. The lowest BCUT2D eigenvalue weighted by atomic mass is 10.1. The van der Waals surface area contributed by atoms with Gasteiger partial charge in [0.15, 0.2) is 0 Å². The Bertz CT molecular complexity index is 668. The Balaban J connectivity index is 2.36. The SMILES string of the molecule is [S-]c1nc(-c2ccccc2)c2cccc[n+]2n1. The topological polar surface area (TPSA) is 29.9 Å². The summed E-state index contributed by atoms with van der Waals surface area (Å²) in [5.41, 5.74) is 2.86. The van der Waals surface area contributed by atoms with Gasteiger partial charge in [-0.25, -0.2) is 4.98 Å². The van der Waals surface area contributed by atoms with Crippen LogP contribution in [0.2, 0.25) is 0 Å². The monoisotopic (exact) mass is 239 g/mol. The molecule has 0 unspecified atom stereocenters. The Morgan fingerprint density at radius 2 is 1.71 bits per heavy atom. The van der Waals surface area contributed by atoms with Gasteiger partial charge in [-0.3, -0.25) is 0 Å². The van der Waals surface area contributed by atoms with Crippen LogP contribution in [0.1, 0.15) is 0 Å². The molecule has 0 fully saturated rings. The van der Waals surface area contributed by atoms with Crippen molar-refractivity contribution in [1.82, 2.24) is 10.1 Å². The molecule has 1 aromatic carbocycles. The molecule has 0 amide bonds. The Labute approximate surface area is 104 Å². The highest BCUT2D eigenvalue weighted by Gasteiger charge is 2.12. The van der Waals surface area contributed by atoms with Crippen LogP contribution in [0.15, 0.2) is 59.9 Å². The molecule has 2 heterocycles. The third-order valence-corrected chi connectivity index (χ3v) is 2.70. The van der Waals surface area contributed by atoms with Crippen molar-refractivity contribution in [3.8, 4) is 11.3 Å². The van der Waals surface area contributed by atoms with Crippen LogP contribution in [0.5, 0.6) is 0 Å². The first kappa shape index (κ1) is 10.1. The maximum absolute atomic E-state index is 5.08. The second-order valence-electron chi connectivity index (χ2n) is 3.64. The molecule has 3 nitrogen and oxygen atoms in total. The molecule has 4 heteroatoms. The van der Waals surface area contributed by atoms with Crippen molar-refractivity contribution in [2.45, 2.75) is 5.16 Å². The summed E-state index contributed by atoms with van der Waals surface area (Å²) >= 11 is 5.08. The third kappa shape index (κ3) is 1.83. The van der Waals surface area contributed by atoms with E-state index in [4.69, 9.17) is 12.6 Å². The molecular weight excluding hydrogens is 230 g/mol. The molecule has 0 saturated heterocycles. The van der Waals surface area contributed by atoms with Crippen molar-refractivity contribution < 1.29 is 4.52 Å². The first-order chi connectivity index (χ1) is 8.34. The lowest BCUT2D eigenvalue weighted by Crippen LogP contribution is -2.28. The molecule has 0 aliphatic heterocycles. The summed E-state index contributed by atoms with van der Waals surface area (Å²) in [6.45, 7) is 0. The van der Waals surface area contributed by atoms with Gasteiger partial charge in [0.1, 0.15) is 5.69 Å². The van der Waals surface area contributed by atoms with Crippen LogP contribution in [-0.4, -0.2) is 10.1 Å². The van der Waals surface area contributed by atoms with Crippen LogP contribution < -0.4 is 4.52 Å². The van der Waals surface area contributed by atoms with Gasteiger partial charge in [0.2, 0.25) is 6.20 Å². The van der Waals surface area contributed by atoms with E-state index in [-0.39, 0.29) is 0 Å². The van der Waals surface area contributed by atoms with Crippen molar-refractivity contribution in [1.29, 1.82) is 0 Å². The summed E-state index contributed by atoms with van der Waals surface area (Å²) in [5.74, 6) is 0. The molecule has 17 heavy (non-hydrogen) atoms. The zero-order valence-corrected chi connectivity index (χ0v) is 9.76. The number of hydrogen-bond acceptors (Lipinski definition) is 3. The van der Waals surface area contributed by atoms with E-state index < -0.39 is 0 Å². The molecule has 0 bridgehead atoms. The van der Waals surface area contributed by atoms with Crippen molar-refractivity contribution in [2.75, 3.05) is 0 Å². The van der Waals surface area contributed by atoms with Crippen LogP contribution in [0.25, 0.3) is 16.8 Å². The molecule has 0 radical (unpaired) electrons. The van der Waals surface area contributed by atoms with Crippen LogP contribution in [0.4, 0.5) is 0 Å². The molecular formula is C13H9N3S. The fourth-order valence-corrected chi connectivity index (χ4v) is 1.96. The third-order valence-electron chi connectivity index (χ3n) is 2.53. The van der Waals surface area contributed by atoms with Crippen molar-refractivity contribution in [3.05, 3.63) is 54.7 Å². The normalized spacial score (nSPS) is 10.6. The number of benzene rings is 1. The van der Waals surface area contributed by atoms with Crippen LogP contribution in [0, 0.1) is 0 Å². The lowest BCUT2D eigenvalue weighted by Gasteiger charge is -2.04. The molecule has 2 aromatic heterocycles. The van der Waals surface area contributed by atoms with E-state index in [1.54, 1.807) is 4.52 Å². The smallest absolute Gasteiger partial charge is 0.264 e. The number of rotatable bonds is 1. The maximum atomic E-state index is 5.08. The molecule has 82 valence electrons. The van der Waals surface area contributed by atoms with Crippen molar-refractivity contribution in [2.24, 2.45) is 0 Å². The summed E-state index contributed by atoms with van der Waals surface area (Å²) in [4.78, 5) is 4.35. The molecule has 0 aliphatic carbocycles. The van der Waals surface area contributed by atoms with E-state index in [0.717, 1.165) is 16.8 Å². The summed E-state index contributed by atoms with van der Waals surface area (Å²) in [7, 11) is 0. The van der Waals surface area contributed by atoms with E-state index in [1.165, 1.54) is 0 Å². The van der Waals surface area contributed by atoms with Crippen LogP contribution in [-0.2, 0) is 12.6 Å². The van der Waals surface area contributed by atoms with Crippen LogP contribution >= 0.6 is 0 Å². The van der Waals surface area contributed by atoms with Gasteiger partial charge in [0.05, 0.1) is 5.16 Å². The van der Waals surface area contributed by atoms with Crippen LogP contribution in [0.3, 0.4) is 0 Å². The van der Waals surface area contributed by atoms with E-state index in [9.17, 15) is 0 Å². The summed E-state index contributed by atoms with van der Waals surface area (Å²) in [6.07, 6.45) is 1.87. The second kappa shape index (κ2) is 4.07. The minimum absolute atomic E-state index is 0.354. The zero-order chi connectivity index (χ0) is 11.7. The fourth-order valence-electron chi connectivity index (χ4n) is 1.79. The minimum Gasteiger partial charge on any atom is -0.734 e. The van der Waals surface area contributed by atoms with E-state index in [2.05, 4.69) is 10.1 Å². The zero-order valence-electron chi connectivity index (χ0n) is 8.95. The Morgan fingerprint density at radius 1 is 0.941 bits per heavy atom. The number of aromatic nitrogens is 3. The number of nitrogens with zero attached hydrogens (tertiary/aromatic N) is 3. The van der Waals surface area contributed by atoms with Gasteiger partial charge in [0, 0.05) is 17.7 Å². The van der Waals surface area contributed by atoms with Gasteiger partial charge < -0.3 is 12.6 Å². The molecule has 0 aliphatic rings. The minimum atomic E-state index is 0.354. The van der Waals surface area contributed by atoms with Crippen molar-refractivity contribution in [3.63, 3.8) is 0 Å². The predicted octanol–water partition coefficient (Wildman–Crippen LogP) is 1.79. The molecule has 3 rings (SSSR count). The largest absolute Gasteiger partial charge is 0.734 e. The number of fused-ring (bicyclic) bond motifs is 1. The molecule has 0 N–H and O–H groups in total. The lowest BCUT2D eigenvalue weighted by molar-refractivity contribution is -0.585. The first-order valence-electron chi connectivity index (χ1n) is 5.26. The highest BCUT2D eigenvalue weighted by Crippen LogP contribution is 2.19. The van der Waals surface area contributed by atoms with Gasteiger partial charge in [-0.05, 0) is 11.2 Å². The second-order valence-corrected chi connectivity index (χ2v) is 4.00. The summed E-state index contributed by atoms with van der Waals surface area (Å²) in [6, 6.07) is 15.9. The van der Waals surface area contributed by atoms with E-state index >= 15 is 0 Å². The van der Waals surface area contributed by atoms with Gasteiger partial charge in [-0.2, -0.15) is 0 Å². The number of pyridine rings is 1. The molecule has 0 spiro atoms. The molecule has 3 aromatic rings. The van der Waals surface area contributed by atoms with Gasteiger partial charge in [-0.15, -0.1) is 0 Å². The quantitative estimate of drug-likeness (QED) is 0.479. The highest BCUT2D eigenvalue weighted by molar-refractivity contribution is 7.58. The Morgan fingerprint density at radius 3 is 2.53 bits per heavy atom. The Kier molecular flexibility index (Phi) is 2.42. The maximum Gasteiger partial charge on any atom is 0.264 e. The summed E-state index contributed by atoms with van der Waals surface area (Å²) in [5, 5.41) is 4.54. The van der Waals surface area contributed by atoms with Gasteiger partial charge >= 0.3 is 0 Å². The van der Waals surface area contributed by atoms with Gasteiger partial charge in [0.25, 0.3) is 5.52 Å². The average Bonchev–Trinajstić information content (AvgIpc) is 2.39. The highest BCUT2D eigenvalue weighted by atomic mass is 32.1. The number of hydrogen-bond donors (Lipinski definition) is 0.